The summed E-state index contributed by atoms with van der Waals surface area (Å²) in [4.78, 5) is 0. The molecule has 0 amide bonds. The molecule has 0 bridgehead atoms. The Morgan fingerprint density at radius 2 is 2.00 bits per heavy atom. The van der Waals surface area contributed by atoms with Gasteiger partial charge in [-0.1, -0.05) is 39.7 Å². The first-order chi connectivity index (χ1) is 9.47. The zero-order valence-electron chi connectivity index (χ0n) is 10.8. The van der Waals surface area contributed by atoms with Gasteiger partial charge in [0.15, 0.2) is 0 Å². The SMILES string of the molecule is Cc1cc(Br)c(NCC(O)c2cccc(Br)c2)cc1Cl. The van der Waals surface area contributed by atoms with Crippen LogP contribution in [0.3, 0.4) is 0 Å². The van der Waals surface area contributed by atoms with Crippen molar-refractivity contribution in [1.82, 2.24) is 0 Å². The summed E-state index contributed by atoms with van der Waals surface area (Å²) in [6, 6.07) is 11.4. The van der Waals surface area contributed by atoms with Gasteiger partial charge in [-0.3, -0.25) is 0 Å². The molecule has 5 heteroatoms. The summed E-state index contributed by atoms with van der Waals surface area (Å²) in [5.41, 5.74) is 2.74. The van der Waals surface area contributed by atoms with Gasteiger partial charge in [-0.2, -0.15) is 0 Å². The smallest absolute Gasteiger partial charge is 0.0962 e. The molecule has 1 unspecified atom stereocenters. The first-order valence-corrected chi connectivity index (χ1v) is 8.07. The molecule has 0 saturated heterocycles. The zero-order valence-corrected chi connectivity index (χ0v) is 14.8. The number of halogens is 3. The minimum Gasteiger partial charge on any atom is -0.387 e. The summed E-state index contributed by atoms with van der Waals surface area (Å²) in [5, 5.41) is 14.1. The zero-order chi connectivity index (χ0) is 14.7. The Balaban J connectivity index is 2.07. The van der Waals surface area contributed by atoms with E-state index < -0.39 is 6.10 Å². The largest absolute Gasteiger partial charge is 0.387 e. The second kappa shape index (κ2) is 6.94. The fraction of sp³-hybridized carbons (Fsp3) is 0.200. The minimum absolute atomic E-state index is 0.411. The molecule has 0 radical (unpaired) electrons. The second-order valence-corrected chi connectivity index (χ2v) is 6.71. The molecule has 0 saturated carbocycles. The predicted molar refractivity (Wildman–Crippen MR) is 91.5 cm³/mol. The lowest BCUT2D eigenvalue weighted by Gasteiger charge is -2.15. The lowest BCUT2D eigenvalue weighted by atomic mass is 10.1. The van der Waals surface area contributed by atoms with Gasteiger partial charge in [-0.05, 0) is 58.2 Å². The van der Waals surface area contributed by atoms with E-state index in [0.29, 0.717) is 11.6 Å². The van der Waals surface area contributed by atoms with Crippen LogP contribution in [0.2, 0.25) is 5.02 Å². The summed E-state index contributed by atoms with van der Waals surface area (Å²) >= 11 is 13.0. The Hall–Kier alpha value is -0.550. The van der Waals surface area contributed by atoms with Gasteiger partial charge < -0.3 is 10.4 Å². The van der Waals surface area contributed by atoms with Crippen molar-refractivity contribution in [3.63, 3.8) is 0 Å². The Kier molecular flexibility index (Phi) is 5.49. The van der Waals surface area contributed by atoms with Crippen molar-refractivity contribution in [3.05, 3.63) is 61.5 Å². The maximum Gasteiger partial charge on any atom is 0.0962 e. The van der Waals surface area contributed by atoms with Crippen LogP contribution in [0.4, 0.5) is 5.69 Å². The molecule has 2 nitrogen and oxygen atoms in total. The second-order valence-electron chi connectivity index (χ2n) is 4.53. The number of nitrogens with one attached hydrogen (secondary N) is 1. The Morgan fingerprint density at radius 1 is 1.25 bits per heavy atom. The van der Waals surface area contributed by atoms with Gasteiger partial charge in [-0.25, -0.2) is 0 Å². The number of rotatable bonds is 4. The van der Waals surface area contributed by atoms with Crippen LogP contribution in [-0.2, 0) is 0 Å². The van der Waals surface area contributed by atoms with Gasteiger partial charge in [0.2, 0.25) is 0 Å². The van der Waals surface area contributed by atoms with E-state index in [1.54, 1.807) is 0 Å². The van der Waals surface area contributed by atoms with Crippen molar-refractivity contribution in [2.45, 2.75) is 13.0 Å². The molecule has 2 aromatic rings. The molecule has 0 fully saturated rings. The monoisotopic (exact) mass is 417 g/mol. The van der Waals surface area contributed by atoms with Crippen LogP contribution in [-0.4, -0.2) is 11.7 Å². The highest BCUT2D eigenvalue weighted by molar-refractivity contribution is 9.10. The first-order valence-electron chi connectivity index (χ1n) is 6.10. The van der Waals surface area contributed by atoms with E-state index in [-0.39, 0.29) is 0 Å². The summed E-state index contributed by atoms with van der Waals surface area (Å²) in [6.07, 6.45) is -0.584. The number of anilines is 1. The fourth-order valence-corrected chi connectivity index (χ4v) is 3.00. The fourth-order valence-electron chi connectivity index (χ4n) is 1.82. The average Bonchev–Trinajstić information content (AvgIpc) is 2.41. The highest BCUT2D eigenvalue weighted by Crippen LogP contribution is 2.29. The van der Waals surface area contributed by atoms with E-state index in [0.717, 1.165) is 25.8 Å². The van der Waals surface area contributed by atoms with Gasteiger partial charge in [0.1, 0.15) is 0 Å². The van der Waals surface area contributed by atoms with Crippen molar-refractivity contribution < 1.29 is 5.11 Å². The van der Waals surface area contributed by atoms with Crippen LogP contribution in [0, 0.1) is 6.92 Å². The summed E-state index contributed by atoms with van der Waals surface area (Å²) in [5.74, 6) is 0. The van der Waals surface area contributed by atoms with Crippen molar-refractivity contribution in [1.29, 1.82) is 0 Å². The van der Waals surface area contributed by atoms with Crippen LogP contribution in [0.15, 0.2) is 45.3 Å². The number of aryl methyl sites for hydroxylation is 1. The molecule has 0 aliphatic carbocycles. The Bertz CT molecular complexity index is 619. The highest BCUT2D eigenvalue weighted by atomic mass is 79.9. The normalized spacial score (nSPS) is 12.2. The molecule has 2 N–H and O–H groups in total. The molecule has 20 heavy (non-hydrogen) atoms. The van der Waals surface area contributed by atoms with Crippen molar-refractivity contribution >= 4 is 49.1 Å². The molecule has 0 aliphatic rings. The minimum atomic E-state index is -0.584. The van der Waals surface area contributed by atoms with Crippen molar-refractivity contribution in [2.75, 3.05) is 11.9 Å². The molecule has 2 aromatic carbocycles. The molecule has 0 heterocycles. The maximum absolute atomic E-state index is 10.2. The third-order valence-corrected chi connectivity index (χ3v) is 4.52. The standard InChI is InChI=1S/C15H14Br2ClNO/c1-9-5-12(17)14(7-13(9)18)19-8-15(20)10-3-2-4-11(16)6-10/h2-7,15,19-20H,8H2,1H3. The van der Waals surface area contributed by atoms with Crippen LogP contribution in [0.1, 0.15) is 17.2 Å². The van der Waals surface area contributed by atoms with Gasteiger partial charge >= 0.3 is 0 Å². The quantitative estimate of drug-likeness (QED) is 0.703. The van der Waals surface area contributed by atoms with Crippen LogP contribution >= 0.6 is 43.5 Å². The van der Waals surface area contributed by atoms with Crippen molar-refractivity contribution in [3.8, 4) is 0 Å². The van der Waals surface area contributed by atoms with Crippen molar-refractivity contribution in [2.24, 2.45) is 0 Å². The molecule has 0 aromatic heterocycles. The lowest BCUT2D eigenvalue weighted by molar-refractivity contribution is 0.191. The van der Waals surface area contributed by atoms with Gasteiger partial charge in [-0.15, -0.1) is 0 Å². The van der Waals surface area contributed by atoms with E-state index >= 15 is 0 Å². The van der Waals surface area contributed by atoms with Gasteiger partial charge in [0.25, 0.3) is 0 Å². The average molecular weight is 420 g/mol. The molecular formula is C15H14Br2ClNO. The Morgan fingerprint density at radius 3 is 2.70 bits per heavy atom. The topological polar surface area (TPSA) is 32.3 Å². The first kappa shape index (κ1) is 15.8. The lowest BCUT2D eigenvalue weighted by Crippen LogP contribution is -2.12. The number of hydrogen-bond acceptors (Lipinski definition) is 2. The molecule has 2 rings (SSSR count). The Labute approximate surface area is 140 Å². The molecular weight excluding hydrogens is 405 g/mol. The predicted octanol–water partition coefficient (Wildman–Crippen LogP) is 5.32. The van der Waals surface area contributed by atoms with Crippen LogP contribution in [0.5, 0.6) is 0 Å². The van der Waals surface area contributed by atoms with E-state index in [9.17, 15) is 5.11 Å². The van der Waals surface area contributed by atoms with Gasteiger partial charge in [0, 0.05) is 20.5 Å². The summed E-state index contributed by atoms with van der Waals surface area (Å²) in [6.45, 7) is 2.36. The molecule has 1 atom stereocenters. The third-order valence-electron chi connectivity index (χ3n) is 2.97. The number of hydrogen-bond donors (Lipinski definition) is 2. The summed E-state index contributed by atoms with van der Waals surface area (Å²) < 4.78 is 1.88. The molecule has 106 valence electrons. The van der Waals surface area contributed by atoms with Crippen LogP contribution in [0.25, 0.3) is 0 Å². The molecule has 0 aliphatic heterocycles. The van der Waals surface area contributed by atoms with E-state index in [2.05, 4.69) is 37.2 Å². The van der Waals surface area contributed by atoms with Gasteiger partial charge in [0.05, 0.1) is 11.8 Å². The van der Waals surface area contributed by atoms with E-state index in [1.165, 1.54) is 0 Å². The highest BCUT2D eigenvalue weighted by Gasteiger charge is 2.10. The van der Waals surface area contributed by atoms with E-state index in [4.69, 9.17) is 11.6 Å². The third kappa shape index (κ3) is 3.98. The maximum atomic E-state index is 10.2. The number of aliphatic hydroxyl groups excluding tert-OH is 1. The number of benzene rings is 2. The van der Waals surface area contributed by atoms with E-state index in [1.807, 2.05) is 43.3 Å². The molecule has 0 spiro atoms. The number of aliphatic hydroxyl groups is 1. The van der Waals surface area contributed by atoms with Crippen LogP contribution < -0.4 is 5.32 Å². The summed E-state index contributed by atoms with van der Waals surface area (Å²) in [7, 11) is 0.